The summed E-state index contributed by atoms with van der Waals surface area (Å²) in [5, 5.41) is 5.48. The van der Waals surface area contributed by atoms with E-state index in [2.05, 4.69) is 10.6 Å². The van der Waals surface area contributed by atoms with Crippen LogP contribution in [-0.4, -0.2) is 25.5 Å². The highest BCUT2D eigenvalue weighted by Gasteiger charge is 2.21. The fourth-order valence-corrected chi connectivity index (χ4v) is 3.07. The molecule has 0 saturated heterocycles. The number of nitrogens with one attached hydrogen (secondary N) is 2. The zero-order chi connectivity index (χ0) is 24.7. The third kappa shape index (κ3) is 6.54. The lowest BCUT2D eigenvalue weighted by molar-refractivity contribution is 0.0883. The second kappa shape index (κ2) is 11.3. The van der Waals surface area contributed by atoms with Crippen molar-refractivity contribution >= 4 is 11.8 Å². The van der Waals surface area contributed by atoms with Crippen molar-refractivity contribution in [2.45, 2.75) is 20.0 Å². The number of benzene rings is 3. The van der Waals surface area contributed by atoms with Crippen LogP contribution in [0.15, 0.2) is 66.7 Å². The molecule has 2 N–H and O–H groups in total. The average molecular weight is 469 g/mol. The van der Waals surface area contributed by atoms with Crippen LogP contribution in [-0.2, 0) is 0 Å². The molecule has 0 heterocycles. The first-order valence-corrected chi connectivity index (χ1v) is 10.7. The summed E-state index contributed by atoms with van der Waals surface area (Å²) in [5.74, 6) is -0.739. The lowest BCUT2D eigenvalue weighted by atomic mass is 10.1. The Morgan fingerprint density at radius 3 is 1.74 bits per heavy atom. The van der Waals surface area contributed by atoms with E-state index >= 15 is 0 Å². The average Bonchev–Trinajstić information content (AvgIpc) is 2.82. The molecule has 0 saturated carbocycles. The molecule has 0 fully saturated rings. The highest BCUT2D eigenvalue weighted by atomic mass is 19.1. The summed E-state index contributed by atoms with van der Waals surface area (Å²) < 4.78 is 37.7. The van der Waals surface area contributed by atoms with Crippen LogP contribution in [0.2, 0.25) is 0 Å². The first-order valence-electron chi connectivity index (χ1n) is 10.7. The van der Waals surface area contributed by atoms with Gasteiger partial charge in [-0.25, -0.2) is 8.78 Å². The van der Waals surface area contributed by atoms with Crippen LogP contribution in [0.5, 0.6) is 11.5 Å². The minimum Gasteiger partial charge on any atom is -0.493 e. The second-order valence-corrected chi connectivity index (χ2v) is 8.01. The molecule has 2 amide bonds. The molecular weight excluding hydrogens is 442 g/mol. The quantitative estimate of drug-likeness (QED) is 0.440. The van der Waals surface area contributed by atoms with E-state index in [0.29, 0.717) is 29.6 Å². The van der Waals surface area contributed by atoms with Crippen LogP contribution in [0.4, 0.5) is 8.78 Å². The summed E-state index contributed by atoms with van der Waals surface area (Å²) >= 11 is 0. The van der Waals surface area contributed by atoms with Crippen LogP contribution in [0, 0.1) is 17.6 Å². The number of rotatable bonds is 9. The first-order chi connectivity index (χ1) is 16.3. The lowest BCUT2D eigenvalue weighted by Crippen LogP contribution is -2.41. The number of amides is 2. The predicted octanol–water partition coefficient (Wildman–Crippen LogP) is 4.87. The maximum atomic E-state index is 13.3. The number of carbonyl (C=O) groups is 2. The van der Waals surface area contributed by atoms with Crippen LogP contribution in [0.25, 0.3) is 0 Å². The SMILES string of the molecule is COc1cc(C(NC(=O)c2ccc(F)cc2)NC(=O)c2ccc(F)cc2)ccc1OCC(C)C. The molecule has 3 aromatic rings. The molecule has 178 valence electrons. The topological polar surface area (TPSA) is 76.7 Å². The largest absolute Gasteiger partial charge is 0.493 e. The summed E-state index contributed by atoms with van der Waals surface area (Å²) in [5.41, 5.74) is 0.942. The van der Waals surface area contributed by atoms with Crippen LogP contribution >= 0.6 is 0 Å². The fourth-order valence-electron chi connectivity index (χ4n) is 3.07. The minimum atomic E-state index is -0.969. The maximum Gasteiger partial charge on any atom is 0.253 e. The Morgan fingerprint density at radius 1 is 0.794 bits per heavy atom. The Bertz CT molecular complexity index is 1070. The third-order valence-corrected chi connectivity index (χ3v) is 4.86. The highest BCUT2D eigenvalue weighted by Crippen LogP contribution is 2.30. The van der Waals surface area contributed by atoms with Crippen molar-refractivity contribution in [2.24, 2.45) is 5.92 Å². The van der Waals surface area contributed by atoms with Gasteiger partial charge in [0.25, 0.3) is 11.8 Å². The van der Waals surface area contributed by atoms with Crippen molar-refractivity contribution in [3.05, 3.63) is 95.1 Å². The van der Waals surface area contributed by atoms with Gasteiger partial charge in [-0.15, -0.1) is 0 Å². The smallest absolute Gasteiger partial charge is 0.253 e. The molecule has 0 radical (unpaired) electrons. The zero-order valence-corrected chi connectivity index (χ0v) is 19.1. The zero-order valence-electron chi connectivity index (χ0n) is 19.1. The first kappa shape index (κ1) is 24.7. The Hall–Kier alpha value is -3.94. The summed E-state index contributed by atoms with van der Waals surface area (Å²) in [7, 11) is 1.49. The molecule has 0 aliphatic rings. The molecule has 0 bridgehead atoms. The minimum absolute atomic E-state index is 0.214. The second-order valence-electron chi connectivity index (χ2n) is 8.01. The van der Waals surface area contributed by atoms with Gasteiger partial charge >= 0.3 is 0 Å². The molecule has 3 aromatic carbocycles. The standard InChI is InChI=1S/C26H26F2N2O4/c1-16(2)15-34-22-13-8-19(14-23(22)33-3)24(29-25(31)17-4-9-20(27)10-5-17)30-26(32)18-6-11-21(28)12-7-18/h4-14,16,24H,15H2,1-3H3,(H,29,31)(H,30,32). The Balaban J connectivity index is 1.89. The molecule has 34 heavy (non-hydrogen) atoms. The van der Waals surface area contributed by atoms with Crippen molar-refractivity contribution < 1.29 is 27.8 Å². The van der Waals surface area contributed by atoms with Gasteiger partial charge < -0.3 is 20.1 Å². The molecule has 0 atom stereocenters. The van der Waals surface area contributed by atoms with Crippen molar-refractivity contribution in [3.8, 4) is 11.5 Å². The maximum absolute atomic E-state index is 13.3. The Morgan fingerprint density at radius 2 is 1.29 bits per heavy atom. The van der Waals surface area contributed by atoms with Crippen molar-refractivity contribution in [1.29, 1.82) is 0 Å². The van der Waals surface area contributed by atoms with Gasteiger partial charge in [0.2, 0.25) is 0 Å². The van der Waals surface area contributed by atoms with E-state index in [9.17, 15) is 18.4 Å². The van der Waals surface area contributed by atoms with Crippen molar-refractivity contribution in [2.75, 3.05) is 13.7 Å². The Kier molecular flexibility index (Phi) is 8.19. The van der Waals surface area contributed by atoms with E-state index in [1.165, 1.54) is 55.6 Å². The number of hydrogen-bond acceptors (Lipinski definition) is 4. The van der Waals surface area contributed by atoms with Crippen LogP contribution in [0.3, 0.4) is 0 Å². The van der Waals surface area contributed by atoms with Gasteiger partial charge in [-0.05, 0) is 72.1 Å². The van der Waals surface area contributed by atoms with Gasteiger partial charge in [0, 0.05) is 11.1 Å². The lowest BCUT2D eigenvalue weighted by Gasteiger charge is -2.22. The van der Waals surface area contributed by atoms with Gasteiger partial charge in [-0.2, -0.15) is 0 Å². The molecule has 0 aromatic heterocycles. The van der Waals surface area contributed by atoms with Gasteiger partial charge in [0.1, 0.15) is 17.8 Å². The number of ether oxygens (including phenoxy) is 2. The molecule has 3 rings (SSSR count). The highest BCUT2D eigenvalue weighted by molar-refractivity contribution is 5.96. The van der Waals surface area contributed by atoms with E-state index in [1.807, 2.05) is 13.8 Å². The normalized spacial score (nSPS) is 10.8. The van der Waals surface area contributed by atoms with E-state index in [-0.39, 0.29) is 11.1 Å². The molecule has 0 spiro atoms. The number of methoxy groups -OCH3 is 1. The van der Waals surface area contributed by atoms with Crippen LogP contribution < -0.4 is 20.1 Å². The van der Waals surface area contributed by atoms with E-state index < -0.39 is 29.6 Å². The molecule has 0 aliphatic heterocycles. The molecule has 0 aliphatic carbocycles. The molecule has 0 unspecified atom stereocenters. The monoisotopic (exact) mass is 468 g/mol. The number of carbonyl (C=O) groups excluding carboxylic acids is 2. The van der Waals surface area contributed by atoms with Gasteiger partial charge in [-0.3, -0.25) is 9.59 Å². The van der Waals surface area contributed by atoms with E-state index in [1.54, 1.807) is 18.2 Å². The van der Waals surface area contributed by atoms with Crippen molar-refractivity contribution in [1.82, 2.24) is 10.6 Å². The van der Waals surface area contributed by atoms with Gasteiger partial charge in [0.05, 0.1) is 13.7 Å². The Labute approximate surface area is 196 Å². The summed E-state index contributed by atoms with van der Waals surface area (Å²) in [6, 6.07) is 15.1. The number of hydrogen-bond donors (Lipinski definition) is 2. The third-order valence-electron chi connectivity index (χ3n) is 4.86. The van der Waals surface area contributed by atoms with E-state index in [0.717, 1.165) is 0 Å². The predicted molar refractivity (Wildman–Crippen MR) is 124 cm³/mol. The van der Waals surface area contributed by atoms with Gasteiger partial charge in [-0.1, -0.05) is 19.9 Å². The number of halogens is 2. The molecule has 8 heteroatoms. The fraction of sp³-hybridized carbons (Fsp3) is 0.231. The van der Waals surface area contributed by atoms with Crippen LogP contribution in [0.1, 0.15) is 46.3 Å². The molecular formula is C26H26F2N2O4. The summed E-state index contributed by atoms with van der Waals surface area (Å²) in [4.78, 5) is 25.6. The van der Waals surface area contributed by atoms with Crippen molar-refractivity contribution in [3.63, 3.8) is 0 Å². The summed E-state index contributed by atoms with van der Waals surface area (Å²) in [6.45, 7) is 4.53. The van der Waals surface area contributed by atoms with E-state index in [4.69, 9.17) is 9.47 Å². The molecule has 6 nitrogen and oxygen atoms in total. The van der Waals surface area contributed by atoms with Gasteiger partial charge in [0.15, 0.2) is 11.5 Å². The summed E-state index contributed by atoms with van der Waals surface area (Å²) in [6.07, 6.45) is -0.969.